The zero-order chi connectivity index (χ0) is 20.3. The Morgan fingerprint density at radius 1 is 1.17 bits per heavy atom. The largest absolute Gasteiger partial charge is 0.486 e. The number of hydrogen-bond donors (Lipinski definition) is 2. The van der Waals surface area contributed by atoms with Crippen molar-refractivity contribution in [2.24, 2.45) is 0 Å². The van der Waals surface area contributed by atoms with Gasteiger partial charge in [-0.3, -0.25) is 19.7 Å². The predicted octanol–water partition coefficient (Wildman–Crippen LogP) is 3.63. The minimum atomic E-state index is -0.619. The maximum absolute atomic E-state index is 12.8. The molecule has 7 heteroatoms. The Bertz CT molecular complexity index is 937. The minimum absolute atomic E-state index is 0. The van der Waals surface area contributed by atoms with E-state index in [9.17, 15) is 9.59 Å². The Morgan fingerprint density at radius 2 is 1.90 bits per heavy atom. The van der Waals surface area contributed by atoms with Crippen molar-refractivity contribution < 1.29 is 19.5 Å². The third-order valence-corrected chi connectivity index (χ3v) is 5.67. The van der Waals surface area contributed by atoms with Gasteiger partial charge in [-0.25, -0.2) is 5.48 Å². The molecule has 1 fully saturated rings. The van der Waals surface area contributed by atoms with Gasteiger partial charge in [-0.2, -0.15) is 0 Å². The molecule has 2 aliphatic heterocycles. The van der Waals surface area contributed by atoms with E-state index < -0.39 is 11.5 Å². The average Bonchev–Trinajstić information content (AvgIpc) is 2.75. The Kier molecular flexibility index (Phi) is 6.92. The molecule has 6 nitrogen and oxygen atoms in total. The van der Waals surface area contributed by atoms with Crippen LogP contribution in [0, 0.1) is 0 Å². The molecular weight excluding hydrogens is 404 g/mol. The normalized spacial score (nSPS) is 17.8. The smallest absolute Gasteiger partial charge is 0.267 e. The van der Waals surface area contributed by atoms with Crippen LogP contribution < -0.4 is 10.2 Å². The van der Waals surface area contributed by atoms with Crippen LogP contribution in [0.15, 0.2) is 54.6 Å². The van der Waals surface area contributed by atoms with Crippen molar-refractivity contribution in [3.63, 3.8) is 0 Å². The van der Waals surface area contributed by atoms with Crippen LogP contribution in [0.4, 0.5) is 0 Å². The highest BCUT2D eigenvalue weighted by Gasteiger charge is 2.42. The summed E-state index contributed by atoms with van der Waals surface area (Å²) in [6.45, 7) is 2.71. The van der Waals surface area contributed by atoms with Gasteiger partial charge in [-0.05, 0) is 29.3 Å². The number of hydroxylamine groups is 1. The summed E-state index contributed by atoms with van der Waals surface area (Å²) in [4.78, 5) is 26.4. The zero-order valence-electron chi connectivity index (χ0n) is 16.5. The summed E-state index contributed by atoms with van der Waals surface area (Å²) < 4.78 is 6.34. The highest BCUT2D eigenvalue weighted by Crippen LogP contribution is 2.40. The van der Waals surface area contributed by atoms with Crippen LogP contribution in [0.3, 0.4) is 0 Å². The Morgan fingerprint density at radius 3 is 2.60 bits per heavy atom. The van der Waals surface area contributed by atoms with Gasteiger partial charge in [0.2, 0.25) is 0 Å². The number of carbonyl (C=O) groups is 2. The van der Waals surface area contributed by atoms with Gasteiger partial charge < -0.3 is 4.74 Å². The summed E-state index contributed by atoms with van der Waals surface area (Å²) in [7, 11) is 0. The molecule has 4 rings (SSSR count). The lowest BCUT2D eigenvalue weighted by Crippen LogP contribution is -2.50. The van der Waals surface area contributed by atoms with E-state index in [4.69, 9.17) is 9.94 Å². The van der Waals surface area contributed by atoms with Crippen LogP contribution in [0.25, 0.3) is 6.08 Å². The number of amides is 1. The van der Waals surface area contributed by atoms with Crippen LogP contribution in [0.1, 0.15) is 40.7 Å². The van der Waals surface area contributed by atoms with E-state index >= 15 is 0 Å². The first-order chi connectivity index (χ1) is 14.1. The highest BCUT2D eigenvalue weighted by molar-refractivity contribution is 6.01. The lowest BCUT2D eigenvalue weighted by Gasteiger charge is -2.44. The van der Waals surface area contributed by atoms with Crippen molar-refractivity contribution in [3.8, 4) is 5.75 Å². The number of hydrogen-bond acceptors (Lipinski definition) is 5. The standard InChI is InChI=1S/C23H24N2O4.ClH/c26-20-15-23(10-12-25(13-11-23)16-18-4-2-1-3-5-18)29-21-8-6-17(14-19(20)21)7-9-22(27)24-28;/h1-9,14,28H,10-13,15-16H2,(H,24,27);1H. The topological polar surface area (TPSA) is 78.9 Å². The van der Waals surface area contributed by atoms with Gasteiger partial charge in [0.25, 0.3) is 5.91 Å². The van der Waals surface area contributed by atoms with Gasteiger partial charge in [-0.1, -0.05) is 36.4 Å². The fourth-order valence-corrected chi connectivity index (χ4v) is 4.06. The number of benzene rings is 2. The van der Waals surface area contributed by atoms with E-state index in [1.807, 2.05) is 6.07 Å². The second-order valence-electron chi connectivity index (χ2n) is 7.71. The number of ketones is 1. The van der Waals surface area contributed by atoms with Gasteiger partial charge in [0.15, 0.2) is 5.78 Å². The number of ether oxygens (including phenoxy) is 1. The molecule has 0 aliphatic carbocycles. The molecule has 0 atom stereocenters. The summed E-state index contributed by atoms with van der Waals surface area (Å²) in [5, 5.41) is 8.56. The molecule has 158 valence electrons. The Balaban J connectivity index is 0.00000256. The SMILES string of the molecule is Cl.O=C(C=Cc1ccc2c(c1)C(=O)CC1(CCN(Cc3ccccc3)CC1)O2)NO. The van der Waals surface area contributed by atoms with E-state index in [1.54, 1.807) is 29.8 Å². The molecule has 30 heavy (non-hydrogen) atoms. The quantitative estimate of drug-likeness (QED) is 0.441. The van der Waals surface area contributed by atoms with Crippen LogP contribution in [0.2, 0.25) is 0 Å². The lowest BCUT2D eigenvalue weighted by molar-refractivity contribution is -0.124. The van der Waals surface area contributed by atoms with Crippen molar-refractivity contribution in [2.45, 2.75) is 31.4 Å². The van der Waals surface area contributed by atoms with Gasteiger partial charge in [0, 0.05) is 38.6 Å². The van der Waals surface area contributed by atoms with Crippen molar-refractivity contribution in [1.82, 2.24) is 10.4 Å². The molecule has 0 radical (unpaired) electrons. The van der Waals surface area contributed by atoms with E-state index in [2.05, 4.69) is 29.2 Å². The molecule has 1 saturated heterocycles. The molecule has 2 N–H and O–H groups in total. The van der Waals surface area contributed by atoms with Gasteiger partial charge in [0.05, 0.1) is 12.0 Å². The number of Topliss-reactive ketones (excluding diaryl/α,β-unsaturated/α-hetero) is 1. The molecule has 0 aromatic heterocycles. The summed E-state index contributed by atoms with van der Waals surface area (Å²) in [6, 6.07) is 15.7. The first kappa shape index (κ1) is 22.0. The van der Waals surface area contributed by atoms with Crippen molar-refractivity contribution in [1.29, 1.82) is 0 Å². The van der Waals surface area contributed by atoms with E-state index in [0.717, 1.165) is 32.5 Å². The van der Waals surface area contributed by atoms with Gasteiger partial charge >= 0.3 is 0 Å². The first-order valence-electron chi connectivity index (χ1n) is 9.82. The van der Waals surface area contributed by atoms with Crippen molar-refractivity contribution in [3.05, 3.63) is 71.3 Å². The van der Waals surface area contributed by atoms with Gasteiger partial charge in [-0.15, -0.1) is 12.4 Å². The number of nitrogens with zero attached hydrogens (tertiary/aromatic N) is 1. The third-order valence-electron chi connectivity index (χ3n) is 5.67. The second kappa shape index (κ2) is 9.43. The molecule has 0 saturated carbocycles. The van der Waals surface area contributed by atoms with Crippen LogP contribution in [-0.2, 0) is 11.3 Å². The predicted molar refractivity (Wildman–Crippen MR) is 116 cm³/mol. The molecule has 2 aromatic rings. The molecule has 2 heterocycles. The number of nitrogens with one attached hydrogen (secondary N) is 1. The average molecular weight is 429 g/mol. The third kappa shape index (κ3) is 4.90. The number of piperidine rings is 1. The monoisotopic (exact) mass is 428 g/mol. The molecular formula is C23H25ClN2O4. The number of halogens is 1. The van der Waals surface area contributed by atoms with Crippen LogP contribution >= 0.6 is 12.4 Å². The zero-order valence-corrected chi connectivity index (χ0v) is 17.4. The van der Waals surface area contributed by atoms with E-state index in [1.165, 1.54) is 11.6 Å². The number of fused-ring (bicyclic) bond motifs is 1. The Labute approximate surface area is 181 Å². The van der Waals surface area contributed by atoms with E-state index in [-0.39, 0.29) is 18.2 Å². The minimum Gasteiger partial charge on any atom is -0.486 e. The van der Waals surface area contributed by atoms with Crippen LogP contribution in [0.5, 0.6) is 5.75 Å². The molecule has 0 bridgehead atoms. The van der Waals surface area contributed by atoms with Crippen LogP contribution in [-0.4, -0.2) is 40.5 Å². The summed E-state index contributed by atoms with van der Waals surface area (Å²) in [5.74, 6) is 0.0673. The van der Waals surface area contributed by atoms with Crippen molar-refractivity contribution in [2.75, 3.05) is 13.1 Å². The fraction of sp³-hybridized carbons (Fsp3) is 0.304. The number of likely N-dealkylation sites (tertiary alicyclic amines) is 1. The molecule has 1 amide bonds. The molecule has 2 aromatic carbocycles. The number of rotatable bonds is 4. The van der Waals surface area contributed by atoms with Gasteiger partial charge in [0.1, 0.15) is 11.4 Å². The maximum Gasteiger partial charge on any atom is 0.267 e. The summed E-state index contributed by atoms with van der Waals surface area (Å²) >= 11 is 0. The van der Waals surface area contributed by atoms with E-state index in [0.29, 0.717) is 23.3 Å². The second-order valence-corrected chi connectivity index (χ2v) is 7.71. The summed E-state index contributed by atoms with van der Waals surface area (Å²) in [5.41, 5.74) is 3.67. The fourth-order valence-electron chi connectivity index (χ4n) is 4.06. The Hall–Kier alpha value is -2.67. The lowest BCUT2D eigenvalue weighted by atomic mass is 9.82. The van der Waals surface area contributed by atoms with Crippen molar-refractivity contribution >= 4 is 30.2 Å². The first-order valence-corrected chi connectivity index (χ1v) is 9.82. The molecule has 0 unspecified atom stereocenters. The molecule has 2 aliphatic rings. The highest BCUT2D eigenvalue weighted by atomic mass is 35.5. The molecule has 1 spiro atoms. The number of carbonyl (C=O) groups excluding carboxylic acids is 2. The summed E-state index contributed by atoms with van der Waals surface area (Å²) in [6.07, 6.45) is 4.78. The maximum atomic E-state index is 12.8.